The zero-order valence-corrected chi connectivity index (χ0v) is 12.6. The van der Waals surface area contributed by atoms with Gasteiger partial charge in [0.15, 0.2) is 0 Å². The van der Waals surface area contributed by atoms with Crippen LogP contribution in [0.1, 0.15) is 26.3 Å². The highest BCUT2D eigenvalue weighted by Gasteiger charge is 2.11. The van der Waals surface area contributed by atoms with Crippen molar-refractivity contribution in [1.29, 1.82) is 0 Å². The second-order valence-electron chi connectivity index (χ2n) is 5.71. The Labute approximate surface area is 127 Å². The minimum atomic E-state index is -0.201. The Kier molecular flexibility index (Phi) is 4.36. The van der Waals surface area contributed by atoms with E-state index in [0.29, 0.717) is 0 Å². The maximum atomic E-state index is 5.90. The molecule has 0 bridgehead atoms. The van der Waals surface area contributed by atoms with Gasteiger partial charge in [-0.3, -0.25) is 0 Å². The van der Waals surface area contributed by atoms with Crippen LogP contribution in [-0.2, 0) is 0 Å². The average Bonchev–Trinajstić information content (AvgIpc) is 2.44. The Balaban J connectivity index is 2.26. The minimum absolute atomic E-state index is 0.201. The number of rotatable bonds is 2. The molecule has 0 spiro atoms. The Morgan fingerprint density at radius 3 is 2.29 bits per heavy atom. The summed E-state index contributed by atoms with van der Waals surface area (Å²) in [5.41, 5.74) is 2.96. The van der Waals surface area contributed by atoms with Gasteiger partial charge in [-0.25, -0.2) is 0 Å². The third-order valence-electron chi connectivity index (χ3n) is 2.76. The number of hydrogen-bond acceptors (Lipinski definition) is 1. The van der Waals surface area contributed by atoms with E-state index in [-0.39, 0.29) is 5.60 Å². The largest absolute Gasteiger partial charge is 0.488 e. The first kappa shape index (κ1) is 14.8. The fourth-order valence-corrected chi connectivity index (χ4v) is 1.95. The number of ether oxygens (including phenoxy) is 1. The van der Waals surface area contributed by atoms with E-state index in [1.807, 2.05) is 63.2 Å². The normalized spacial score (nSPS) is 10.2. The van der Waals surface area contributed by atoms with E-state index < -0.39 is 0 Å². The molecule has 2 aromatic rings. The SMILES string of the molecule is C#CC#Cc1ccc(-c2cccc(OC(C)(C)C)c2)cc1. The fraction of sp³-hybridized carbons (Fsp3) is 0.200. The number of hydrogen-bond donors (Lipinski definition) is 0. The molecular formula is C20H18O. The molecule has 0 radical (unpaired) electrons. The molecule has 1 heteroatoms. The summed E-state index contributed by atoms with van der Waals surface area (Å²) >= 11 is 0. The van der Waals surface area contributed by atoms with Crippen molar-refractivity contribution in [3.05, 3.63) is 54.1 Å². The molecule has 21 heavy (non-hydrogen) atoms. The molecule has 0 aromatic heterocycles. The van der Waals surface area contributed by atoms with Gasteiger partial charge in [0.25, 0.3) is 0 Å². The molecule has 0 saturated carbocycles. The van der Waals surface area contributed by atoms with Crippen LogP contribution in [0.5, 0.6) is 5.75 Å². The average molecular weight is 274 g/mol. The van der Waals surface area contributed by atoms with Crippen LogP contribution in [0.3, 0.4) is 0 Å². The molecule has 2 aromatic carbocycles. The van der Waals surface area contributed by atoms with Gasteiger partial charge in [-0.15, -0.1) is 6.42 Å². The van der Waals surface area contributed by atoms with Crippen molar-refractivity contribution in [2.45, 2.75) is 26.4 Å². The molecule has 0 unspecified atom stereocenters. The topological polar surface area (TPSA) is 9.23 Å². The van der Waals surface area contributed by atoms with E-state index in [9.17, 15) is 0 Å². The molecule has 104 valence electrons. The van der Waals surface area contributed by atoms with Crippen LogP contribution in [0, 0.1) is 24.2 Å². The van der Waals surface area contributed by atoms with E-state index in [2.05, 4.69) is 23.8 Å². The standard InChI is InChI=1S/C20H18O/c1-5-6-8-16-11-13-17(14-12-16)18-9-7-10-19(15-18)21-20(2,3)4/h1,7,9-15H,2-4H3. The van der Waals surface area contributed by atoms with Crippen molar-refractivity contribution in [2.75, 3.05) is 0 Å². The van der Waals surface area contributed by atoms with Gasteiger partial charge in [0.2, 0.25) is 0 Å². The predicted octanol–water partition coefficient (Wildman–Crippen LogP) is 4.52. The third-order valence-corrected chi connectivity index (χ3v) is 2.76. The van der Waals surface area contributed by atoms with Crippen LogP contribution in [0.4, 0.5) is 0 Å². The van der Waals surface area contributed by atoms with Crippen molar-refractivity contribution in [3.63, 3.8) is 0 Å². The highest BCUT2D eigenvalue weighted by Crippen LogP contribution is 2.26. The first-order chi connectivity index (χ1) is 9.98. The highest BCUT2D eigenvalue weighted by molar-refractivity contribution is 5.66. The van der Waals surface area contributed by atoms with Gasteiger partial charge >= 0.3 is 0 Å². The Hall–Kier alpha value is -2.64. The van der Waals surface area contributed by atoms with Crippen molar-refractivity contribution >= 4 is 0 Å². The fourth-order valence-electron chi connectivity index (χ4n) is 1.95. The first-order valence-electron chi connectivity index (χ1n) is 6.84. The van der Waals surface area contributed by atoms with Crippen LogP contribution in [-0.4, -0.2) is 5.60 Å². The first-order valence-corrected chi connectivity index (χ1v) is 6.84. The van der Waals surface area contributed by atoms with Crippen LogP contribution in [0.2, 0.25) is 0 Å². The molecule has 0 N–H and O–H groups in total. The maximum Gasteiger partial charge on any atom is 0.120 e. The Morgan fingerprint density at radius 2 is 1.67 bits per heavy atom. The third kappa shape index (κ3) is 4.44. The van der Waals surface area contributed by atoms with Crippen molar-refractivity contribution in [1.82, 2.24) is 0 Å². The molecule has 0 atom stereocenters. The lowest BCUT2D eigenvalue weighted by Crippen LogP contribution is -2.22. The van der Waals surface area contributed by atoms with Gasteiger partial charge < -0.3 is 4.74 Å². The van der Waals surface area contributed by atoms with E-state index in [4.69, 9.17) is 11.2 Å². The monoisotopic (exact) mass is 274 g/mol. The van der Waals surface area contributed by atoms with Gasteiger partial charge in [-0.1, -0.05) is 30.2 Å². The zero-order chi connectivity index (χ0) is 15.3. The van der Waals surface area contributed by atoms with Gasteiger partial charge in [-0.2, -0.15) is 0 Å². The molecule has 2 rings (SSSR count). The summed E-state index contributed by atoms with van der Waals surface area (Å²) in [5.74, 6) is 8.71. The van der Waals surface area contributed by atoms with Gasteiger partial charge in [0, 0.05) is 5.56 Å². The van der Waals surface area contributed by atoms with Crippen molar-refractivity contribution in [3.8, 4) is 41.1 Å². The second-order valence-corrected chi connectivity index (χ2v) is 5.71. The lowest BCUT2D eigenvalue weighted by Gasteiger charge is -2.21. The molecular weight excluding hydrogens is 256 g/mol. The lowest BCUT2D eigenvalue weighted by molar-refractivity contribution is 0.131. The summed E-state index contributed by atoms with van der Waals surface area (Å²) in [6.07, 6.45) is 5.13. The summed E-state index contributed by atoms with van der Waals surface area (Å²) in [4.78, 5) is 0. The second kappa shape index (κ2) is 6.21. The smallest absolute Gasteiger partial charge is 0.120 e. The van der Waals surface area contributed by atoms with Crippen LogP contribution < -0.4 is 4.74 Å². The van der Waals surface area contributed by atoms with E-state index in [0.717, 1.165) is 22.4 Å². The van der Waals surface area contributed by atoms with Crippen molar-refractivity contribution in [2.24, 2.45) is 0 Å². The molecule has 0 aliphatic heterocycles. The highest BCUT2D eigenvalue weighted by atomic mass is 16.5. The van der Waals surface area contributed by atoms with E-state index in [1.165, 1.54) is 0 Å². The quantitative estimate of drug-likeness (QED) is 0.732. The summed E-state index contributed by atoms with van der Waals surface area (Å²) in [7, 11) is 0. The summed E-state index contributed by atoms with van der Waals surface area (Å²) in [5, 5.41) is 0. The molecule has 0 amide bonds. The van der Waals surface area contributed by atoms with E-state index >= 15 is 0 Å². The molecule has 0 aliphatic rings. The number of terminal acetylenes is 1. The van der Waals surface area contributed by atoms with Crippen LogP contribution in [0.15, 0.2) is 48.5 Å². The van der Waals surface area contributed by atoms with Gasteiger partial charge in [-0.05, 0) is 68.0 Å². The van der Waals surface area contributed by atoms with E-state index in [1.54, 1.807) is 0 Å². The number of benzene rings is 2. The Bertz CT molecular complexity index is 713. The Morgan fingerprint density at radius 1 is 0.952 bits per heavy atom. The van der Waals surface area contributed by atoms with Gasteiger partial charge in [0.1, 0.15) is 11.4 Å². The van der Waals surface area contributed by atoms with Crippen molar-refractivity contribution < 1.29 is 4.74 Å². The molecule has 0 saturated heterocycles. The van der Waals surface area contributed by atoms with Crippen LogP contribution >= 0.6 is 0 Å². The minimum Gasteiger partial charge on any atom is -0.488 e. The molecule has 1 nitrogen and oxygen atoms in total. The van der Waals surface area contributed by atoms with Gasteiger partial charge in [0.05, 0.1) is 0 Å². The summed E-state index contributed by atoms with van der Waals surface area (Å²) in [6.45, 7) is 6.12. The van der Waals surface area contributed by atoms with Crippen LogP contribution in [0.25, 0.3) is 11.1 Å². The lowest BCUT2D eigenvalue weighted by atomic mass is 10.0. The summed E-state index contributed by atoms with van der Waals surface area (Å²) < 4.78 is 5.90. The zero-order valence-electron chi connectivity index (χ0n) is 12.6. The molecule has 0 heterocycles. The molecule has 0 fully saturated rings. The maximum absolute atomic E-state index is 5.90. The molecule has 0 aliphatic carbocycles. The predicted molar refractivity (Wildman–Crippen MR) is 88.0 cm³/mol. The summed E-state index contributed by atoms with van der Waals surface area (Å²) in [6, 6.07) is 16.1.